The number of rotatable bonds is 0. The molecule has 0 amide bonds. The molecule has 236 valence electrons. The Labute approximate surface area is 255 Å². The second-order valence-corrected chi connectivity index (χ2v) is 14.9. The topological polar surface area (TPSA) is 104 Å². The van der Waals surface area contributed by atoms with Crippen LogP contribution in [0.25, 0.3) is 0 Å². The summed E-state index contributed by atoms with van der Waals surface area (Å²) in [5.41, 5.74) is 3.03. The fourth-order valence-corrected chi connectivity index (χ4v) is 7.69. The molecule has 0 bridgehead atoms. The van der Waals surface area contributed by atoms with Crippen LogP contribution in [0.2, 0.25) is 0 Å². The highest BCUT2D eigenvalue weighted by Gasteiger charge is 2.12. The SMILES string of the molecule is CC1=CCOCC1.CC1=CCSCC1.CC1CCOCC1.CC1CCS(=O)CC1.CC1CCSCC1.O=O.O=O. The molecule has 0 spiro atoms. The highest BCUT2D eigenvalue weighted by molar-refractivity contribution is 7.99. The number of thioether (sulfide) groups is 2. The van der Waals surface area contributed by atoms with Crippen molar-refractivity contribution in [1.82, 2.24) is 0 Å². The van der Waals surface area contributed by atoms with Gasteiger partial charge in [0.25, 0.3) is 0 Å². The van der Waals surface area contributed by atoms with Gasteiger partial charge in [-0.1, -0.05) is 44.1 Å². The van der Waals surface area contributed by atoms with Crippen molar-refractivity contribution in [2.24, 2.45) is 17.8 Å². The fourth-order valence-electron chi connectivity index (χ4n) is 3.78. The van der Waals surface area contributed by atoms with Crippen LogP contribution in [0.15, 0.2) is 23.3 Å². The van der Waals surface area contributed by atoms with E-state index in [1.54, 1.807) is 5.57 Å². The molecule has 3 fully saturated rings. The molecule has 40 heavy (non-hydrogen) atoms. The zero-order valence-corrected chi connectivity index (χ0v) is 28.1. The molecule has 0 aromatic heterocycles. The van der Waals surface area contributed by atoms with Crippen molar-refractivity contribution in [3.63, 3.8) is 0 Å². The Balaban J connectivity index is 0. The second kappa shape index (κ2) is 31.4. The van der Waals surface area contributed by atoms with Crippen molar-refractivity contribution in [2.45, 2.75) is 86.0 Å². The standard InChI is InChI=1S/C6H12OS.C6H12O.C6H10O.C6H12S.C6H10S.2O2/c1-6-2-4-8(7)5-3-6;4*1-6-2-4-7-5-3-6;2*1-2/h6H,2-5H2,1H3;6H,2-5H2,1H3;2H,3-5H2,1H3;6H,2-5H2,1H3;2H,3-5H2,1H3;;. The van der Waals surface area contributed by atoms with Crippen LogP contribution in [0, 0.1) is 37.6 Å². The van der Waals surface area contributed by atoms with Crippen LogP contribution in [0.5, 0.6) is 0 Å². The van der Waals surface area contributed by atoms with Crippen LogP contribution in [0.3, 0.4) is 0 Å². The molecule has 5 aliphatic rings. The summed E-state index contributed by atoms with van der Waals surface area (Å²) in [5.74, 6) is 10.0. The van der Waals surface area contributed by atoms with Crippen LogP contribution in [0.4, 0.5) is 0 Å². The third kappa shape index (κ3) is 29.0. The molecule has 0 aromatic carbocycles. The first-order valence-corrected chi connectivity index (χ1v) is 18.5. The average Bonchev–Trinajstić information content (AvgIpc) is 3.00. The number of hydrogen-bond donors (Lipinski definition) is 0. The second-order valence-electron chi connectivity index (χ2n) is 10.9. The maximum Gasteiger partial charge on any atom is 0.0650 e. The van der Waals surface area contributed by atoms with Gasteiger partial charge in [0.2, 0.25) is 0 Å². The van der Waals surface area contributed by atoms with Gasteiger partial charge in [-0.3, -0.25) is 4.21 Å². The largest absolute Gasteiger partial charge is 0.381 e. The summed E-state index contributed by atoms with van der Waals surface area (Å²) in [7, 11) is -0.461. The van der Waals surface area contributed by atoms with Gasteiger partial charge in [0.05, 0.1) is 13.2 Å². The Morgan fingerprint density at radius 2 is 1.18 bits per heavy atom. The molecule has 0 radical (unpaired) electrons. The smallest absolute Gasteiger partial charge is 0.0650 e. The first-order chi connectivity index (χ1) is 19.4. The molecule has 5 heterocycles. The zero-order valence-electron chi connectivity index (χ0n) is 25.7. The van der Waals surface area contributed by atoms with Crippen molar-refractivity contribution in [2.75, 3.05) is 60.9 Å². The molecule has 0 N–H and O–H groups in total. The van der Waals surface area contributed by atoms with Gasteiger partial charge < -0.3 is 9.47 Å². The summed E-state index contributed by atoms with van der Waals surface area (Å²) in [5, 5.41) is 0. The third-order valence-corrected chi connectivity index (χ3v) is 10.4. The fraction of sp³-hybridized carbons (Fsp3) is 0.867. The molecule has 7 nitrogen and oxygen atoms in total. The molecular formula is C30H56O7S3. The van der Waals surface area contributed by atoms with Crippen molar-refractivity contribution >= 4 is 34.3 Å². The third-order valence-electron chi connectivity index (χ3n) is 7.08. The number of hydrogen-bond acceptors (Lipinski definition) is 9. The summed E-state index contributed by atoms with van der Waals surface area (Å²) >= 11 is 4.12. The normalized spacial score (nSPS) is 24.5. The van der Waals surface area contributed by atoms with Crippen molar-refractivity contribution in [1.29, 1.82) is 0 Å². The van der Waals surface area contributed by atoms with E-state index in [1.807, 2.05) is 11.8 Å². The Morgan fingerprint density at radius 1 is 0.650 bits per heavy atom. The van der Waals surface area contributed by atoms with Gasteiger partial charge in [-0.05, 0) is 100 Å². The Kier molecular flexibility index (Phi) is 32.6. The highest BCUT2D eigenvalue weighted by atomic mass is 32.2. The minimum atomic E-state index is -0.461. The maximum atomic E-state index is 10.7. The molecule has 5 aliphatic heterocycles. The van der Waals surface area contributed by atoms with E-state index in [1.165, 1.54) is 73.5 Å². The van der Waals surface area contributed by atoms with E-state index in [-0.39, 0.29) is 0 Å². The maximum absolute atomic E-state index is 10.7. The van der Waals surface area contributed by atoms with Crippen molar-refractivity contribution < 1.29 is 13.7 Å². The van der Waals surface area contributed by atoms with Crippen LogP contribution in [-0.4, -0.2) is 65.2 Å². The lowest BCUT2D eigenvalue weighted by Crippen LogP contribution is -2.15. The first-order valence-electron chi connectivity index (χ1n) is 14.7. The lowest BCUT2D eigenvalue weighted by molar-refractivity contribution is 0.0716. The van der Waals surface area contributed by atoms with Crippen LogP contribution in [0.1, 0.15) is 86.0 Å². The molecule has 3 saturated heterocycles. The van der Waals surface area contributed by atoms with E-state index in [0.29, 0.717) is 0 Å². The van der Waals surface area contributed by atoms with Gasteiger partial charge in [0, 0.05) is 61.1 Å². The first kappa shape index (κ1) is 41.6. The lowest BCUT2D eigenvalue weighted by Gasteiger charge is -2.16. The van der Waals surface area contributed by atoms with E-state index in [0.717, 1.165) is 62.1 Å². The van der Waals surface area contributed by atoms with Crippen LogP contribution in [-0.2, 0) is 20.3 Å². The summed E-state index contributed by atoms with van der Waals surface area (Å²) in [6, 6.07) is 0. The van der Waals surface area contributed by atoms with Crippen LogP contribution < -0.4 is 0 Å². The predicted octanol–water partition coefficient (Wildman–Crippen LogP) is 8.30. The number of allylic oxidation sites excluding steroid dienone is 1. The zero-order chi connectivity index (χ0) is 30.4. The molecular weight excluding hydrogens is 569 g/mol. The Hall–Kier alpha value is -0.550. The predicted molar refractivity (Wildman–Crippen MR) is 180 cm³/mol. The monoisotopic (exact) mass is 624 g/mol. The molecule has 0 unspecified atom stereocenters. The van der Waals surface area contributed by atoms with Gasteiger partial charge in [0.15, 0.2) is 0 Å². The van der Waals surface area contributed by atoms with Gasteiger partial charge in [-0.15, -0.1) is 0 Å². The summed E-state index contributed by atoms with van der Waals surface area (Å²) < 4.78 is 20.9. The van der Waals surface area contributed by atoms with E-state index in [4.69, 9.17) is 29.3 Å². The number of ether oxygens (including phenoxy) is 2. The van der Waals surface area contributed by atoms with Gasteiger partial charge >= 0.3 is 0 Å². The minimum Gasteiger partial charge on any atom is -0.381 e. The molecule has 5 rings (SSSR count). The van der Waals surface area contributed by atoms with E-state index >= 15 is 0 Å². The Bertz CT molecular complexity index is 597. The van der Waals surface area contributed by atoms with Gasteiger partial charge in [0.1, 0.15) is 0 Å². The van der Waals surface area contributed by atoms with Crippen molar-refractivity contribution in [3.8, 4) is 0 Å². The van der Waals surface area contributed by atoms with Gasteiger partial charge in [-0.25, -0.2) is 0 Å². The van der Waals surface area contributed by atoms with Gasteiger partial charge in [-0.2, -0.15) is 23.5 Å². The molecule has 0 aromatic rings. The highest BCUT2D eigenvalue weighted by Crippen LogP contribution is 2.21. The van der Waals surface area contributed by atoms with E-state index in [2.05, 4.69) is 58.5 Å². The molecule has 10 heteroatoms. The minimum absolute atomic E-state index is 0.461. The van der Waals surface area contributed by atoms with E-state index < -0.39 is 10.8 Å². The average molecular weight is 625 g/mol. The van der Waals surface area contributed by atoms with Crippen molar-refractivity contribution in [3.05, 3.63) is 43.2 Å². The quantitative estimate of drug-likeness (QED) is 0.246. The van der Waals surface area contributed by atoms with Crippen LogP contribution >= 0.6 is 23.5 Å². The van der Waals surface area contributed by atoms with E-state index in [9.17, 15) is 4.21 Å². The summed E-state index contributed by atoms with van der Waals surface area (Å²) in [6.45, 7) is 14.9. The Morgan fingerprint density at radius 3 is 1.45 bits per heavy atom. The summed E-state index contributed by atoms with van der Waals surface area (Å²) in [6.07, 6.45) is 14.6. The lowest BCUT2D eigenvalue weighted by atomic mass is 10.0. The molecule has 0 aliphatic carbocycles. The molecule has 0 saturated carbocycles. The molecule has 0 atom stereocenters. The summed E-state index contributed by atoms with van der Waals surface area (Å²) in [4.78, 5) is 28.0.